The molecule has 27 heavy (non-hydrogen) atoms. The van der Waals surface area contributed by atoms with Crippen molar-refractivity contribution in [2.24, 2.45) is 0 Å². The van der Waals surface area contributed by atoms with Crippen LogP contribution >= 0.6 is 11.6 Å². The Morgan fingerprint density at radius 2 is 1.85 bits per heavy atom. The Morgan fingerprint density at radius 3 is 2.63 bits per heavy atom. The summed E-state index contributed by atoms with van der Waals surface area (Å²) in [6.45, 7) is 0.293. The minimum atomic E-state index is -0.482. The molecule has 2 aromatic carbocycles. The highest BCUT2D eigenvalue weighted by Crippen LogP contribution is 2.24. The number of hydrogen-bond donors (Lipinski definition) is 0. The van der Waals surface area contributed by atoms with Crippen LogP contribution in [0, 0.1) is 5.82 Å². The third kappa shape index (κ3) is 3.41. The molecule has 0 fully saturated rings. The number of carbonyl (C=O) groups is 1. The number of anilines is 1. The lowest BCUT2D eigenvalue weighted by Gasteiger charge is -2.23. The highest BCUT2D eigenvalue weighted by atomic mass is 35.5. The van der Waals surface area contributed by atoms with Crippen molar-refractivity contribution in [2.45, 2.75) is 6.54 Å². The van der Waals surface area contributed by atoms with Gasteiger partial charge in [-0.1, -0.05) is 35.9 Å². The van der Waals surface area contributed by atoms with Crippen molar-refractivity contribution in [3.05, 3.63) is 101 Å². The van der Waals surface area contributed by atoms with Crippen LogP contribution in [0.2, 0.25) is 5.02 Å². The van der Waals surface area contributed by atoms with Crippen molar-refractivity contribution in [1.29, 1.82) is 0 Å². The summed E-state index contributed by atoms with van der Waals surface area (Å²) in [6.07, 6.45) is 3.64. The Bertz CT molecular complexity index is 1110. The fraction of sp³-hybridized carbons (Fsp3) is 0.0476. The molecule has 0 saturated heterocycles. The zero-order valence-corrected chi connectivity index (χ0v) is 15.0. The molecular weight excluding hydrogens is 365 g/mol. The van der Waals surface area contributed by atoms with E-state index in [0.717, 1.165) is 17.4 Å². The second-order valence-corrected chi connectivity index (χ2v) is 6.44. The Kier molecular flexibility index (Phi) is 4.60. The van der Waals surface area contributed by atoms with Gasteiger partial charge in [0.15, 0.2) is 0 Å². The monoisotopic (exact) mass is 379 g/mol. The van der Waals surface area contributed by atoms with Crippen LogP contribution in [0.4, 0.5) is 10.1 Å². The highest BCUT2D eigenvalue weighted by molar-refractivity contribution is 6.34. The number of fused-ring (bicyclic) bond motifs is 1. The topological polar surface area (TPSA) is 37.6 Å². The van der Waals surface area contributed by atoms with Gasteiger partial charge in [-0.05, 0) is 42.5 Å². The van der Waals surface area contributed by atoms with Gasteiger partial charge < -0.3 is 9.30 Å². The van der Waals surface area contributed by atoms with Crippen molar-refractivity contribution < 1.29 is 9.18 Å². The summed E-state index contributed by atoms with van der Waals surface area (Å²) in [5.41, 5.74) is 2.61. The maximum absolute atomic E-state index is 13.4. The first-order valence-electron chi connectivity index (χ1n) is 8.36. The second-order valence-electron chi connectivity index (χ2n) is 6.03. The predicted octanol–water partition coefficient (Wildman–Crippen LogP) is 4.97. The number of benzene rings is 2. The average Bonchev–Trinajstić information content (AvgIpc) is 3.09. The standard InChI is InChI=1S/C21H15ClFN3O/c22-19-12-15(23)9-10-18(19)21(27)26(16-6-2-1-3-7-16)14-17-13-24-20-8-4-5-11-25(17)20/h1-13H,14H2. The maximum Gasteiger partial charge on any atom is 0.260 e. The molecule has 2 aromatic heterocycles. The Hall–Kier alpha value is -3.18. The van der Waals surface area contributed by atoms with Crippen LogP contribution in [0.1, 0.15) is 16.1 Å². The molecule has 0 N–H and O–H groups in total. The van der Waals surface area contributed by atoms with Crippen molar-refractivity contribution in [3.8, 4) is 0 Å². The van der Waals surface area contributed by atoms with E-state index >= 15 is 0 Å². The Balaban J connectivity index is 1.76. The minimum Gasteiger partial charge on any atom is -0.302 e. The van der Waals surface area contributed by atoms with Crippen LogP contribution in [0.3, 0.4) is 0 Å². The van der Waals surface area contributed by atoms with Gasteiger partial charge in [0.2, 0.25) is 0 Å². The van der Waals surface area contributed by atoms with Gasteiger partial charge in [-0.25, -0.2) is 9.37 Å². The summed E-state index contributed by atoms with van der Waals surface area (Å²) in [4.78, 5) is 19.2. The Labute approximate surface area is 160 Å². The molecule has 0 aliphatic carbocycles. The first-order valence-corrected chi connectivity index (χ1v) is 8.74. The molecule has 4 aromatic rings. The van der Waals surface area contributed by atoms with E-state index < -0.39 is 5.82 Å². The first-order chi connectivity index (χ1) is 13.1. The van der Waals surface area contributed by atoms with Gasteiger partial charge in [0, 0.05) is 11.9 Å². The average molecular weight is 380 g/mol. The summed E-state index contributed by atoms with van der Waals surface area (Å²) >= 11 is 6.13. The quantitative estimate of drug-likeness (QED) is 0.502. The van der Waals surface area contributed by atoms with E-state index in [1.807, 2.05) is 59.1 Å². The fourth-order valence-corrected chi connectivity index (χ4v) is 3.21. The molecule has 0 atom stereocenters. The summed E-state index contributed by atoms with van der Waals surface area (Å²) in [5, 5.41) is 0.0825. The van der Waals surface area contributed by atoms with Gasteiger partial charge in [0.25, 0.3) is 5.91 Å². The van der Waals surface area contributed by atoms with Gasteiger partial charge in [-0.3, -0.25) is 4.79 Å². The van der Waals surface area contributed by atoms with Crippen LogP contribution < -0.4 is 4.90 Å². The van der Waals surface area contributed by atoms with Crippen LogP contribution in [-0.2, 0) is 6.54 Å². The van der Waals surface area contributed by atoms with Crippen LogP contribution in [0.5, 0.6) is 0 Å². The number of para-hydroxylation sites is 1. The summed E-state index contributed by atoms with van der Waals surface area (Å²) in [5.74, 6) is -0.790. The molecule has 134 valence electrons. The molecule has 1 amide bonds. The SMILES string of the molecule is O=C(c1ccc(F)cc1Cl)N(Cc1cnc2ccccn12)c1ccccc1. The van der Waals surface area contributed by atoms with E-state index in [2.05, 4.69) is 4.98 Å². The number of amides is 1. The van der Waals surface area contributed by atoms with Crippen molar-refractivity contribution in [1.82, 2.24) is 9.38 Å². The third-order valence-corrected chi connectivity index (χ3v) is 4.60. The van der Waals surface area contributed by atoms with E-state index in [-0.39, 0.29) is 16.5 Å². The lowest BCUT2D eigenvalue weighted by atomic mass is 10.1. The van der Waals surface area contributed by atoms with Gasteiger partial charge in [-0.2, -0.15) is 0 Å². The molecule has 4 rings (SSSR count). The molecule has 2 heterocycles. The van der Waals surface area contributed by atoms with Gasteiger partial charge in [-0.15, -0.1) is 0 Å². The van der Waals surface area contributed by atoms with E-state index in [9.17, 15) is 9.18 Å². The Morgan fingerprint density at radius 1 is 1.07 bits per heavy atom. The number of pyridine rings is 1. The summed E-state index contributed by atoms with van der Waals surface area (Å²) in [6, 6.07) is 18.8. The fourth-order valence-electron chi connectivity index (χ4n) is 2.96. The molecule has 0 aliphatic rings. The molecule has 0 unspecified atom stereocenters. The number of nitrogens with zero attached hydrogens (tertiary/aromatic N) is 3. The van der Waals surface area contributed by atoms with Gasteiger partial charge >= 0.3 is 0 Å². The molecular formula is C21H15ClFN3O. The number of hydrogen-bond acceptors (Lipinski definition) is 2. The van der Waals surface area contributed by atoms with E-state index in [1.165, 1.54) is 12.1 Å². The molecule has 0 radical (unpaired) electrons. The molecule has 0 saturated carbocycles. The minimum absolute atomic E-state index is 0.0825. The van der Waals surface area contributed by atoms with E-state index in [4.69, 9.17) is 11.6 Å². The number of carbonyl (C=O) groups excluding carboxylic acids is 1. The second kappa shape index (κ2) is 7.21. The van der Waals surface area contributed by atoms with E-state index in [0.29, 0.717) is 12.2 Å². The number of halogens is 2. The lowest BCUT2D eigenvalue weighted by molar-refractivity contribution is 0.0985. The van der Waals surface area contributed by atoms with Crippen LogP contribution in [0.25, 0.3) is 5.65 Å². The zero-order chi connectivity index (χ0) is 18.8. The molecule has 4 nitrogen and oxygen atoms in total. The summed E-state index contributed by atoms with van der Waals surface area (Å²) < 4.78 is 15.3. The smallest absolute Gasteiger partial charge is 0.260 e. The normalized spacial score (nSPS) is 10.9. The van der Waals surface area contributed by atoms with Gasteiger partial charge in [0.1, 0.15) is 11.5 Å². The van der Waals surface area contributed by atoms with Crippen LogP contribution in [-0.4, -0.2) is 15.3 Å². The molecule has 0 aliphatic heterocycles. The number of imidazole rings is 1. The maximum atomic E-state index is 13.4. The van der Waals surface area contributed by atoms with Crippen molar-refractivity contribution >= 4 is 28.8 Å². The number of aromatic nitrogens is 2. The predicted molar refractivity (Wildman–Crippen MR) is 104 cm³/mol. The first kappa shape index (κ1) is 17.2. The van der Waals surface area contributed by atoms with Crippen LogP contribution in [0.15, 0.2) is 79.1 Å². The van der Waals surface area contributed by atoms with Crippen molar-refractivity contribution in [3.63, 3.8) is 0 Å². The zero-order valence-electron chi connectivity index (χ0n) is 14.2. The lowest BCUT2D eigenvalue weighted by Crippen LogP contribution is -2.31. The van der Waals surface area contributed by atoms with Crippen molar-refractivity contribution in [2.75, 3.05) is 4.90 Å². The van der Waals surface area contributed by atoms with Gasteiger partial charge in [0.05, 0.1) is 29.0 Å². The highest BCUT2D eigenvalue weighted by Gasteiger charge is 2.22. The summed E-state index contributed by atoms with van der Waals surface area (Å²) in [7, 11) is 0. The molecule has 6 heteroatoms. The van der Waals surface area contributed by atoms with E-state index in [1.54, 1.807) is 11.1 Å². The largest absolute Gasteiger partial charge is 0.302 e. The molecule has 0 bridgehead atoms. The molecule has 0 spiro atoms. The third-order valence-electron chi connectivity index (χ3n) is 4.29. The number of rotatable bonds is 4.